The van der Waals surface area contributed by atoms with Gasteiger partial charge in [-0.2, -0.15) is 0 Å². The van der Waals surface area contributed by atoms with Gasteiger partial charge in [0.2, 0.25) is 0 Å². The summed E-state index contributed by atoms with van der Waals surface area (Å²) < 4.78 is 32.8. The Bertz CT molecular complexity index is 1310. The van der Waals surface area contributed by atoms with Crippen LogP contribution in [0.4, 0.5) is 0 Å². The van der Waals surface area contributed by atoms with E-state index in [2.05, 4.69) is 16.4 Å². The van der Waals surface area contributed by atoms with Crippen LogP contribution in [0.15, 0.2) is 78.0 Å². The molecule has 0 bridgehead atoms. The first-order valence-corrected chi connectivity index (χ1v) is 13.3. The highest BCUT2D eigenvalue weighted by molar-refractivity contribution is 7.90. The van der Waals surface area contributed by atoms with Gasteiger partial charge in [0.15, 0.2) is 6.29 Å². The van der Waals surface area contributed by atoms with E-state index in [1.54, 1.807) is 18.2 Å². The van der Waals surface area contributed by atoms with Crippen LogP contribution in [0.5, 0.6) is 0 Å². The molecule has 4 rings (SSSR count). The fourth-order valence-electron chi connectivity index (χ4n) is 3.98. The van der Waals surface area contributed by atoms with Crippen molar-refractivity contribution in [1.82, 2.24) is 14.4 Å². The Hall–Kier alpha value is -3.24. The van der Waals surface area contributed by atoms with Gasteiger partial charge in [-0.25, -0.2) is 22.7 Å². The molecule has 2 heterocycles. The predicted molar refractivity (Wildman–Crippen MR) is 138 cm³/mol. The highest BCUT2D eigenvalue weighted by Crippen LogP contribution is 2.26. The average Bonchev–Trinajstić information content (AvgIpc) is 3.37. The van der Waals surface area contributed by atoms with Crippen LogP contribution in [0.2, 0.25) is 0 Å². The van der Waals surface area contributed by atoms with E-state index in [1.165, 1.54) is 30.1 Å². The molecule has 1 atom stereocenters. The minimum absolute atomic E-state index is 0.182. The summed E-state index contributed by atoms with van der Waals surface area (Å²) in [4.78, 5) is 19.5. The quantitative estimate of drug-likeness (QED) is 0.346. The van der Waals surface area contributed by atoms with Crippen LogP contribution in [0.1, 0.15) is 30.4 Å². The average molecular weight is 510 g/mol. The molecule has 1 saturated heterocycles. The van der Waals surface area contributed by atoms with Gasteiger partial charge in [-0.05, 0) is 73.5 Å². The molecular weight excluding hydrogens is 478 g/mol. The lowest BCUT2D eigenvalue weighted by Gasteiger charge is -2.21. The highest BCUT2D eigenvalue weighted by atomic mass is 32.2. The second-order valence-electron chi connectivity index (χ2n) is 8.91. The van der Waals surface area contributed by atoms with Gasteiger partial charge in [0.1, 0.15) is 0 Å². The van der Waals surface area contributed by atoms with Gasteiger partial charge < -0.3 is 9.64 Å². The number of benzene rings is 2. The summed E-state index contributed by atoms with van der Waals surface area (Å²) >= 11 is 0. The Kier molecular flexibility index (Phi) is 8.37. The van der Waals surface area contributed by atoms with Gasteiger partial charge in [0.25, 0.3) is 15.9 Å². The van der Waals surface area contributed by atoms with Crippen molar-refractivity contribution in [2.24, 2.45) is 0 Å². The SMILES string of the molecule is CN(C)Cc1ccccc1-c1ccc(S(=O)(=O)n2ccc(C=CC(=O)NOC3CCCCO3)c2)cc1. The lowest BCUT2D eigenvalue weighted by atomic mass is 9.99. The zero-order valence-electron chi connectivity index (χ0n) is 20.5. The maximum atomic E-state index is 13.1. The van der Waals surface area contributed by atoms with Gasteiger partial charge >= 0.3 is 0 Å². The standard InChI is InChI=1S/C27H31N3O5S/c1-29(2)20-23-7-3-4-8-25(23)22-11-13-24(14-12-22)36(32,33)30-17-16-21(19-30)10-15-26(31)28-35-27-9-5-6-18-34-27/h3-4,7-8,10-17,19,27H,5-6,9,18,20H2,1-2H3,(H,28,31). The van der Waals surface area contributed by atoms with E-state index in [4.69, 9.17) is 9.57 Å². The van der Waals surface area contributed by atoms with E-state index >= 15 is 0 Å². The van der Waals surface area contributed by atoms with E-state index in [1.807, 2.05) is 44.4 Å². The number of carbonyl (C=O) groups is 1. The Balaban J connectivity index is 1.42. The van der Waals surface area contributed by atoms with Crippen LogP contribution in [0.3, 0.4) is 0 Å². The summed E-state index contributed by atoms with van der Waals surface area (Å²) in [5, 5.41) is 0. The topological polar surface area (TPSA) is 89.9 Å². The van der Waals surface area contributed by atoms with Crippen molar-refractivity contribution in [2.45, 2.75) is 37.0 Å². The monoisotopic (exact) mass is 509 g/mol. The molecule has 1 aliphatic heterocycles. The third-order valence-corrected chi connectivity index (χ3v) is 7.44. The third-order valence-electron chi connectivity index (χ3n) is 5.79. The lowest BCUT2D eigenvalue weighted by Crippen LogP contribution is -2.32. The first-order valence-electron chi connectivity index (χ1n) is 11.8. The summed E-state index contributed by atoms with van der Waals surface area (Å²) in [6.45, 7) is 1.40. The van der Waals surface area contributed by atoms with Crippen molar-refractivity contribution in [3.63, 3.8) is 0 Å². The van der Waals surface area contributed by atoms with Crippen LogP contribution in [0, 0.1) is 0 Å². The molecule has 1 aliphatic rings. The van der Waals surface area contributed by atoms with Gasteiger partial charge in [-0.3, -0.25) is 4.79 Å². The molecule has 36 heavy (non-hydrogen) atoms. The molecule has 3 aromatic rings. The summed E-state index contributed by atoms with van der Waals surface area (Å²) in [6, 6.07) is 16.6. The lowest BCUT2D eigenvalue weighted by molar-refractivity contribution is -0.198. The largest absolute Gasteiger partial charge is 0.350 e. The van der Waals surface area contributed by atoms with Gasteiger partial charge in [0, 0.05) is 38.0 Å². The number of nitrogens with zero attached hydrogens (tertiary/aromatic N) is 2. The second kappa shape index (κ2) is 11.7. The Morgan fingerprint density at radius 2 is 1.92 bits per heavy atom. The maximum Gasteiger partial charge on any atom is 0.267 e. The molecule has 2 aromatic carbocycles. The van der Waals surface area contributed by atoms with Gasteiger partial charge in [-0.15, -0.1) is 0 Å². The van der Waals surface area contributed by atoms with Crippen molar-refractivity contribution < 1.29 is 22.8 Å². The third kappa shape index (κ3) is 6.50. The van der Waals surface area contributed by atoms with Crippen LogP contribution in [0.25, 0.3) is 17.2 Å². The minimum atomic E-state index is -3.78. The number of ether oxygens (including phenoxy) is 1. The van der Waals surface area contributed by atoms with E-state index < -0.39 is 22.2 Å². The van der Waals surface area contributed by atoms with Gasteiger partial charge in [0.05, 0.1) is 4.90 Å². The molecular formula is C27H31N3O5S. The molecule has 8 nitrogen and oxygen atoms in total. The number of hydroxylamine groups is 1. The van der Waals surface area contributed by atoms with Crippen molar-refractivity contribution in [3.8, 4) is 11.1 Å². The minimum Gasteiger partial charge on any atom is -0.350 e. The van der Waals surface area contributed by atoms with Crippen LogP contribution < -0.4 is 5.48 Å². The first-order chi connectivity index (χ1) is 17.3. The Labute approximate surface area is 212 Å². The molecule has 1 amide bonds. The van der Waals surface area contributed by atoms with Crippen molar-refractivity contribution in [3.05, 3.63) is 84.2 Å². The molecule has 0 radical (unpaired) electrons. The second-order valence-corrected chi connectivity index (χ2v) is 10.8. The highest BCUT2D eigenvalue weighted by Gasteiger charge is 2.18. The summed E-state index contributed by atoms with van der Waals surface area (Å²) in [5.74, 6) is -0.454. The fraction of sp³-hybridized carbons (Fsp3) is 0.296. The number of rotatable bonds is 9. The number of aromatic nitrogens is 1. The molecule has 0 aliphatic carbocycles. The van der Waals surface area contributed by atoms with Crippen LogP contribution in [-0.4, -0.2) is 50.2 Å². The van der Waals surface area contributed by atoms with Gasteiger partial charge in [-0.1, -0.05) is 36.4 Å². The number of amides is 1. The van der Waals surface area contributed by atoms with E-state index in [-0.39, 0.29) is 4.90 Å². The smallest absolute Gasteiger partial charge is 0.267 e. The number of hydrogen-bond donors (Lipinski definition) is 1. The molecule has 9 heteroatoms. The van der Waals surface area contributed by atoms with E-state index in [9.17, 15) is 13.2 Å². The zero-order chi connectivity index (χ0) is 25.5. The molecule has 0 saturated carbocycles. The van der Waals surface area contributed by atoms with Crippen molar-refractivity contribution in [1.29, 1.82) is 0 Å². The maximum absolute atomic E-state index is 13.1. The molecule has 0 spiro atoms. The number of carbonyl (C=O) groups excluding carboxylic acids is 1. The molecule has 1 aromatic heterocycles. The fourth-order valence-corrected chi connectivity index (χ4v) is 5.19. The first kappa shape index (κ1) is 25.8. The number of nitrogens with one attached hydrogen (secondary N) is 1. The summed E-state index contributed by atoms with van der Waals surface area (Å²) in [6.07, 6.45) is 8.01. The molecule has 1 fully saturated rings. The Morgan fingerprint density at radius 1 is 1.14 bits per heavy atom. The summed E-state index contributed by atoms with van der Waals surface area (Å²) in [7, 11) is 0.250. The zero-order valence-corrected chi connectivity index (χ0v) is 21.3. The van der Waals surface area contributed by atoms with Crippen molar-refractivity contribution in [2.75, 3.05) is 20.7 Å². The van der Waals surface area contributed by atoms with Crippen LogP contribution >= 0.6 is 0 Å². The van der Waals surface area contributed by atoms with Crippen LogP contribution in [-0.2, 0) is 30.9 Å². The molecule has 1 N–H and O–H groups in total. The molecule has 1 unspecified atom stereocenters. The van der Waals surface area contributed by atoms with Crippen molar-refractivity contribution >= 4 is 22.0 Å². The normalized spacial score (nSPS) is 16.5. The van der Waals surface area contributed by atoms with E-state index in [0.29, 0.717) is 12.2 Å². The summed E-state index contributed by atoms with van der Waals surface area (Å²) in [5.41, 5.74) is 6.10. The number of hydrogen-bond acceptors (Lipinski definition) is 6. The predicted octanol–water partition coefficient (Wildman–Crippen LogP) is 4.04. The molecule has 190 valence electrons. The van der Waals surface area contributed by atoms with E-state index in [0.717, 1.165) is 40.9 Å². The Morgan fingerprint density at radius 3 is 2.64 bits per heavy atom.